The van der Waals surface area contributed by atoms with E-state index < -0.39 is 6.29 Å². The molecule has 1 aromatic heterocycles. The second-order valence-corrected chi connectivity index (χ2v) is 14.3. The molecule has 2 amide bonds. The third-order valence-electron chi connectivity index (χ3n) is 8.45. The molecule has 0 spiro atoms. The number of rotatable bonds is 11. The molecule has 3 N–H and O–H groups in total. The minimum absolute atomic E-state index is 0.00445. The maximum absolute atomic E-state index is 12.5. The van der Waals surface area contributed by atoms with Gasteiger partial charge in [0.25, 0.3) is 0 Å². The number of para-hydroxylation sites is 1. The number of carbonyl (C=O) groups is 1. The Morgan fingerprint density at radius 2 is 1.47 bits per heavy atom. The van der Waals surface area contributed by atoms with Crippen LogP contribution in [0.5, 0.6) is 0 Å². The molecule has 49 heavy (non-hydrogen) atoms. The number of ether oxygens (including phenoxy) is 2. The number of carbonyl (C=O) groups excluding carboxylic acids is 1. The van der Waals surface area contributed by atoms with Crippen molar-refractivity contribution in [2.24, 2.45) is 0 Å². The van der Waals surface area contributed by atoms with Gasteiger partial charge in [0, 0.05) is 30.8 Å². The number of thiazole rings is 1. The molecular weight excluding hydrogens is 651 g/mol. The highest BCUT2D eigenvalue weighted by Crippen LogP contribution is 2.41. The smallest absolute Gasteiger partial charge is 0.315 e. The summed E-state index contributed by atoms with van der Waals surface area (Å²) in [5.74, 6) is 0.749. The minimum Gasteiger partial charge on any atom is -0.392 e. The lowest BCUT2D eigenvalue weighted by Crippen LogP contribution is -2.34. The summed E-state index contributed by atoms with van der Waals surface area (Å²) in [4.78, 5) is 17.3. The number of urea groups is 1. The van der Waals surface area contributed by atoms with Crippen LogP contribution in [0, 0.1) is 0 Å². The van der Waals surface area contributed by atoms with Crippen molar-refractivity contribution in [2.45, 2.75) is 49.0 Å². The van der Waals surface area contributed by atoms with Gasteiger partial charge in [0.15, 0.2) is 10.6 Å². The lowest BCUT2D eigenvalue weighted by atomic mass is 9.99. The number of hydrogen-bond acceptors (Lipinski definition) is 7. The predicted molar refractivity (Wildman–Crippen MR) is 196 cm³/mol. The van der Waals surface area contributed by atoms with Gasteiger partial charge in [-0.2, -0.15) is 0 Å². The fraction of sp³-hybridized carbons (Fsp3) is 0.200. The van der Waals surface area contributed by atoms with E-state index in [4.69, 9.17) is 14.5 Å². The van der Waals surface area contributed by atoms with Gasteiger partial charge in [-0.1, -0.05) is 115 Å². The first-order valence-electron chi connectivity index (χ1n) is 16.3. The molecular formula is C40H37N3O4S2. The Balaban J connectivity index is 1.05. The Kier molecular flexibility index (Phi) is 10.6. The van der Waals surface area contributed by atoms with Crippen molar-refractivity contribution >= 4 is 39.3 Å². The van der Waals surface area contributed by atoms with Gasteiger partial charge in [0.2, 0.25) is 0 Å². The van der Waals surface area contributed by atoms with E-state index in [1.165, 1.54) is 4.70 Å². The quantitative estimate of drug-likeness (QED) is 0.118. The highest BCUT2D eigenvalue weighted by molar-refractivity contribution is 8.01. The molecule has 0 aliphatic carbocycles. The molecule has 7 rings (SSSR count). The van der Waals surface area contributed by atoms with Crippen molar-refractivity contribution in [3.05, 3.63) is 155 Å². The van der Waals surface area contributed by atoms with Gasteiger partial charge in [0.05, 0.1) is 29.0 Å². The van der Waals surface area contributed by atoms with Gasteiger partial charge < -0.3 is 25.2 Å². The molecule has 5 aromatic carbocycles. The molecule has 0 saturated carbocycles. The van der Waals surface area contributed by atoms with Crippen molar-refractivity contribution in [3.8, 4) is 11.1 Å². The van der Waals surface area contributed by atoms with Crippen LogP contribution < -0.4 is 10.6 Å². The first kappa shape index (κ1) is 33.0. The molecule has 6 aromatic rings. The monoisotopic (exact) mass is 687 g/mol. The summed E-state index contributed by atoms with van der Waals surface area (Å²) < 4.78 is 15.5. The summed E-state index contributed by atoms with van der Waals surface area (Å²) in [5, 5.41) is 15.5. The molecule has 1 aliphatic heterocycles. The highest BCUT2D eigenvalue weighted by Gasteiger charge is 2.32. The Morgan fingerprint density at radius 1 is 0.755 bits per heavy atom. The molecule has 2 heterocycles. The van der Waals surface area contributed by atoms with E-state index in [0.29, 0.717) is 19.5 Å². The summed E-state index contributed by atoms with van der Waals surface area (Å²) in [5.41, 5.74) is 8.02. The van der Waals surface area contributed by atoms with Crippen LogP contribution in [-0.4, -0.2) is 28.0 Å². The zero-order valence-electron chi connectivity index (χ0n) is 26.8. The van der Waals surface area contributed by atoms with E-state index in [1.807, 2.05) is 97.1 Å². The van der Waals surface area contributed by atoms with Crippen LogP contribution in [0.4, 0.5) is 4.79 Å². The van der Waals surface area contributed by atoms with Gasteiger partial charge >= 0.3 is 6.03 Å². The van der Waals surface area contributed by atoms with E-state index in [2.05, 4.69) is 41.0 Å². The number of aromatic nitrogens is 1. The molecule has 0 radical (unpaired) electrons. The van der Waals surface area contributed by atoms with Crippen molar-refractivity contribution in [1.82, 2.24) is 15.6 Å². The topological polar surface area (TPSA) is 92.7 Å². The number of nitrogens with one attached hydrogen (secondary N) is 2. The number of aliphatic hydroxyl groups excluding tert-OH is 1. The fourth-order valence-electron chi connectivity index (χ4n) is 5.85. The molecule has 7 nitrogen and oxygen atoms in total. The second kappa shape index (κ2) is 15.8. The molecule has 0 bridgehead atoms. The number of hydrogen-bond donors (Lipinski definition) is 3. The molecule has 1 fully saturated rings. The number of thioether (sulfide) groups is 1. The van der Waals surface area contributed by atoms with Crippen LogP contribution in [-0.2, 0) is 29.2 Å². The molecule has 1 saturated heterocycles. The number of nitrogens with zero attached hydrogens (tertiary/aromatic N) is 1. The maximum atomic E-state index is 12.5. The fourth-order valence-corrected chi connectivity index (χ4v) is 7.96. The standard InChI is InChI=1S/C40H37N3O4S2/c44-25-28-16-18-30(19-17-28)36-22-34(26-48-40-43-35-14-4-5-15-37(35)49-40)46-38(47-36)33-13-7-12-32(21-33)31-11-6-10-29(20-31)24-42-39(45)41-23-27-8-2-1-3-9-27/h1-21,34,36,38,44H,22-26H2,(H2,41,42,45). The average molecular weight is 688 g/mol. The predicted octanol–water partition coefficient (Wildman–Crippen LogP) is 8.79. The third-order valence-corrected chi connectivity index (χ3v) is 10.8. The number of benzene rings is 5. The second-order valence-electron chi connectivity index (χ2n) is 12.0. The van der Waals surface area contributed by atoms with Crippen LogP contribution >= 0.6 is 23.1 Å². The summed E-state index contributed by atoms with van der Waals surface area (Å²) in [7, 11) is 0. The highest BCUT2D eigenvalue weighted by atomic mass is 32.2. The maximum Gasteiger partial charge on any atom is 0.315 e. The van der Waals surface area contributed by atoms with Crippen LogP contribution in [0.25, 0.3) is 21.3 Å². The first-order valence-corrected chi connectivity index (χ1v) is 18.1. The van der Waals surface area contributed by atoms with Crippen molar-refractivity contribution in [3.63, 3.8) is 0 Å². The van der Waals surface area contributed by atoms with Gasteiger partial charge in [-0.15, -0.1) is 11.3 Å². The number of amides is 2. The first-order chi connectivity index (χ1) is 24.1. The van der Waals surface area contributed by atoms with E-state index >= 15 is 0 Å². The van der Waals surface area contributed by atoms with E-state index in [-0.39, 0.29) is 24.8 Å². The van der Waals surface area contributed by atoms with Crippen molar-refractivity contribution < 1.29 is 19.4 Å². The summed E-state index contributed by atoms with van der Waals surface area (Å²) >= 11 is 3.43. The Labute approximate surface area is 294 Å². The largest absolute Gasteiger partial charge is 0.392 e. The average Bonchev–Trinajstić information content (AvgIpc) is 3.59. The van der Waals surface area contributed by atoms with Crippen LogP contribution in [0.15, 0.2) is 132 Å². The molecule has 3 atom stereocenters. The van der Waals surface area contributed by atoms with Gasteiger partial charge in [-0.05, 0) is 57.6 Å². The van der Waals surface area contributed by atoms with E-state index in [0.717, 1.165) is 54.6 Å². The van der Waals surface area contributed by atoms with Gasteiger partial charge in [-0.3, -0.25) is 0 Å². The molecule has 1 aliphatic rings. The van der Waals surface area contributed by atoms with Gasteiger partial charge in [-0.25, -0.2) is 9.78 Å². The minimum atomic E-state index is -0.560. The van der Waals surface area contributed by atoms with Crippen LogP contribution in [0.2, 0.25) is 0 Å². The molecule has 3 unspecified atom stereocenters. The Bertz CT molecular complexity index is 1970. The van der Waals surface area contributed by atoms with Crippen molar-refractivity contribution in [1.29, 1.82) is 0 Å². The normalized spacial score (nSPS) is 17.5. The van der Waals surface area contributed by atoms with Gasteiger partial charge in [0.1, 0.15) is 0 Å². The SMILES string of the molecule is O=C(NCc1ccccc1)NCc1cccc(-c2cccc(C3OC(CSc4nc5ccccc5s4)CC(c4ccc(CO)cc4)O3)c2)c1. The van der Waals surface area contributed by atoms with Crippen LogP contribution in [0.3, 0.4) is 0 Å². The lowest BCUT2D eigenvalue weighted by molar-refractivity contribution is -0.245. The zero-order valence-corrected chi connectivity index (χ0v) is 28.5. The summed E-state index contributed by atoms with van der Waals surface area (Å²) in [6.07, 6.45) is -0.0844. The van der Waals surface area contributed by atoms with Crippen molar-refractivity contribution in [2.75, 3.05) is 5.75 Å². The molecule has 248 valence electrons. The Hall–Kier alpha value is -4.51. The summed E-state index contributed by atoms with van der Waals surface area (Å²) in [6.45, 7) is 0.888. The summed E-state index contributed by atoms with van der Waals surface area (Å²) in [6, 6.07) is 42.3. The van der Waals surface area contributed by atoms with E-state index in [1.54, 1.807) is 23.1 Å². The number of fused-ring (bicyclic) bond motifs is 1. The zero-order chi connectivity index (χ0) is 33.4. The Morgan fingerprint density at radius 3 is 2.27 bits per heavy atom. The molecule has 9 heteroatoms. The van der Waals surface area contributed by atoms with Crippen LogP contribution in [0.1, 0.15) is 46.6 Å². The third kappa shape index (κ3) is 8.57. The van der Waals surface area contributed by atoms with E-state index in [9.17, 15) is 9.90 Å². The lowest BCUT2D eigenvalue weighted by Gasteiger charge is -2.36. The number of aliphatic hydroxyl groups is 1.